The van der Waals surface area contributed by atoms with Crippen LogP contribution in [0.5, 0.6) is 0 Å². The van der Waals surface area contributed by atoms with Crippen molar-refractivity contribution in [1.82, 2.24) is 5.32 Å². The van der Waals surface area contributed by atoms with Crippen molar-refractivity contribution in [2.45, 2.75) is 111 Å². The first-order valence-electron chi connectivity index (χ1n) is 11.4. The van der Waals surface area contributed by atoms with Crippen LogP contribution in [-0.4, -0.2) is 64.2 Å². The lowest BCUT2D eigenvalue weighted by atomic mass is 9.92. The molecule has 10 heteroatoms. The summed E-state index contributed by atoms with van der Waals surface area (Å²) in [6.07, 6.45) is -3.02. The van der Waals surface area contributed by atoms with E-state index in [2.05, 4.69) is 5.32 Å². The zero-order chi connectivity index (χ0) is 25.9. The summed E-state index contributed by atoms with van der Waals surface area (Å²) in [6.45, 7) is 13.2. The van der Waals surface area contributed by atoms with Gasteiger partial charge in [-0.2, -0.15) is 0 Å². The normalized spacial score (nSPS) is 16.2. The van der Waals surface area contributed by atoms with Crippen molar-refractivity contribution in [2.24, 2.45) is 11.8 Å². The molecule has 0 aromatic rings. The Kier molecular flexibility index (Phi) is 13.0. The van der Waals surface area contributed by atoms with Gasteiger partial charge in [-0.05, 0) is 47.0 Å². The van der Waals surface area contributed by atoms with Crippen molar-refractivity contribution in [2.75, 3.05) is 0 Å². The second kappa shape index (κ2) is 14.0. The molecule has 0 rings (SSSR count). The first-order valence-corrected chi connectivity index (χ1v) is 11.4. The monoisotopic (exact) mass is 475 g/mol. The third-order valence-electron chi connectivity index (χ3n) is 4.60. The first-order chi connectivity index (χ1) is 15.1. The maximum absolute atomic E-state index is 12.7. The molecule has 0 aliphatic rings. The van der Waals surface area contributed by atoms with Crippen LogP contribution < -0.4 is 5.32 Å². The smallest absolute Gasteiger partial charge is 0.408 e. The molecule has 10 nitrogen and oxygen atoms in total. The number of aliphatic hydroxyl groups is 1. The fraction of sp³-hybridized carbons (Fsp3) is 0.826. The Morgan fingerprint density at radius 2 is 1.58 bits per heavy atom. The van der Waals surface area contributed by atoms with E-state index in [0.29, 0.717) is 6.42 Å². The van der Waals surface area contributed by atoms with Gasteiger partial charge in [0.1, 0.15) is 11.7 Å². The van der Waals surface area contributed by atoms with Crippen molar-refractivity contribution in [1.29, 1.82) is 0 Å². The summed E-state index contributed by atoms with van der Waals surface area (Å²) >= 11 is 0. The number of unbranched alkanes of at least 4 members (excludes halogenated alkanes) is 1. The topological polar surface area (TPSA) is 148 Å². The number of hydrogen-bond acceptors (Lipinski definition) is 8. The van der Waals surface area contributed by atoms with E-state index in [1.807, 2.05) is 20.8 Å². The Labute approximate surface area is 196 Å². The molecular weight excluding hydrogens is 434 g/mol. The van der Waals surface area contributed by atoms with Crippen molar-refractivity contribution in [3.8, 4) is 0 Å². The molecule has 33 heavy (non-hydrogen) atoms. The molecule has 0 unspecified atom stereocenters. The van der Waals surface area contributed by atoms with Crippen LogP contribution in [0, 0.1) is 11.8 Å². The number of hydrogen-bond donors (Lipinski definition) is 3. The SMILES string of the molecule is CCCC[C@H](C(=O)O)[C@@H](OC(=O)CC(C)C)[C@H](C)OC(=O)[C@@H](NC(=O)OC(C)(C)C)[C@@H](C)O. The molecule has 0 aliphatic heterocycles. The van der Waals surface area contributed by atoms with E-state index in [0.717, 1.165) is 6.42 Å². The van der Waals surface area contributed by atoms with Crippen LogP contribution in [0.2, 0.25) is 0 Å². The van der Waals surface area contributed by atoms with Crippen LogP contribution in [0.4, 0.5) is 4.79 Å². The Morgan fingerprint density at radius 1 is 1.00 bits per heavy atom. The lowest BCUT2D eigenvalue weighted by Gasteiger charge is -2.31. The minimum atomic E-state index is -1.46. The quantitative estimate of drug-likeness (QED) is 0.270. The third-order valence-corrected chi connectivity index (χ3v) is 4.60. The standard InChI is InChI=1S/C23H41NO9/c1-9-10-11-16(20(27)28)19(32-17(26)12-13(2)3)15(5)31-21(29)18(14(4)25)24-22(30)33-23(6,7)8/h13-16,18-19,25H,9-12H2,1-8H3,(H,24,30)(H,27,28)/t14-,15+,16+,18+,19+/m1/s1. The zero-order valence-corrected chi connectivity index (χ0v) is 21.0. The van der Waals surface area contributed by atoms with E-state index in [9.17, 15) is 29.4 Å². The minimum Gasteiger partial charge on any atom is -0.481 e. The van der Waals surface area contributed by atoms with Gasteiger partial charge >= 0.3 is 24.0 Å². The Bertz CT molecular complexity index is 655. The molecule has 0 aromatic heterocycles. The molecule has 0 spiro atoms. The fourth-order valence-corrected chi connectivity index (χ4v) is 3.03. The van der Waals surface area contributed by atoms with Gasteiger partial charge in [-0.25, -0.2) is 9.59 Å². The minimum absolute atomic E-state index is 0.00688. The first kappa shape index (κ1) is 30.6. The number of carbonyl (C=O) groups is 4. The number of carbonyl (C=O) groups excluding carboxylic acids is 3. The van der Waals surface area contributed by atoms with Gasteiger partial charge in [0.2, 0.25) is 0 Å². The van der Waals surface area contributed by atoms with Gasteiger partial charge in [0.05, 0.1) is 12.0 Å². The molecule has 0 radical (unpaired) electrons. The van der Waals surface area contributed by atoms with E-state index in [1.165, 1.54) is 13.8 Å². The van der Waals surface area contributed by atoms with E-state index in [-0.39, 0.29) is 18.8 Å². The van der Waals surface area contributed by atoms with Crippen LogP contribution in [0.1, 0.15) is 81.1 Å². The number of alkyl carbamates (subject to hydrolysis) is 1. The summed E-state index contributed by atoms with van der Waals surface area (Å²) in [5.41, 5.74) is -0.825. The Morgan fingerprint density at radius 3 is 2.00 bits per heavy atom. The van der Waals surface area contributed by atoms with Gasteiger partial charge in [0.25, 0.3) is 0 Å². The fourth-order valence-electron chi connectivity index (χ4n) is 3.03. The van der Waals surface area contributed by atoms with Crippen LogP contribution >= 0.6 is 0 Å². The highest BCUT2D eigenvalue weighted by Gasteiger charge is 2.39. The summed E-state index contributed by atoms with van der Waals surface area (Å²) in [6, 6.07) is -1.46. The van der Waals surface area contributed by atoms with Crippen LogP contribution in [-0.2, 0) is 28.6 Å². The van der Waals surface area contributed by atoms with E-state index >= 15 is 0 Å². The number of aliphatic carboxylic acids is 1. The van der Waals surface area contributed by atoms with Gasteiger partial charge < -0.3 is 29.7 Å². The number of nitrogens with one attached hydrogen (secondary N) is 1. The van der Waals surface area contributed by atoms with Crippen molar-refractivity contribution in [3.63, 3.8) is 0 Å². The predicted octanol–water partition coefficient (Wildman–Crippen LogP) is 3.04. The number of esters is 2. The van der Waals surface area contributed by atoms with E-state index in [1.54, 1.807) is 20.8 Å². The lowest BCUT2D eigenvalue weighted by molar-refractivity contribution is -0.179. The third kappa shape index (κ3) is 12.5. The van der Waals surface area contributed by atoms with Gasteiger partial charge in [0.15, 0.2) is 12.1 Å². The predicted molar refractivity (Wildman–Crippen MR) is 120 cm³/mol. The summed E-state index contributed by atoms with van der Waals surface area (Å²) in [5.74, 6) is -3.87. The van der Waals surface area contributed by atoms with E-state index in [4.69, 9.17) is 14.2 Å². The summed E-state index contributed by atoms with van der Waals surface area (Å²) < 4.78 is 15.9. The molecule has 192 valence electrons. The molecule has 0 aliphatic carbocycles. The number of carboxylic acids is 1. The largest absolute Gasteiger partial charge is 0.481 e. The summed E-state index contributed by atoms with van der Waals surface area (Å²) in [4.78, 5) is 49.0. The highest BCUT2D eigenvalue weighted by atomic mass is 16.6. The molecular formula is C23H41NO9. The molecule has 5 atom stereocenters. The van der Waals surface area contributed by atoms with Crippen LogP contribution in [0.25, 0.3) is 0 Å². The zero-order valence-electron chi connectivity index (χ0n) is 21.0. The average molecular weight is 476 g/mol. The van der Waals surface area contributed by atoms with E-state index < -0.39 is 59.9 Å². The summed E-state index contributed by atoms with van der Waals surface area (Å²) in [7, 11) is 0. The maximum Gasteiger partial charge on any atom is 0.408 e. The second-order valence-electron chi connectivity index (χ2n) is 9.65. The highest BCUT2D eigenvalue weighted by molar-refractivity contribution is 5.82. The average Bonchev–Trinajstić information content (AvgIpc) is 2.62. The molecule has 0 aromatic carbocycles. The van der Waals surface area contributed by atoms with Gasteiger partial charge in [-0.3, -0.25) is 9.59 Å². The van der Waals surface area contributed by atoms with Gasteiger partial charge in [-0.15, -0.1) is 0 Å². The highest BCUT2D eigenvalue weighted by Crippen LogP contribution is 2.23. The Balaban J connectivity index is 5.62. The van der Waals surface area contributed by atoms with Crippen LogP contribution in [0.15, 0.2) is 0 Å². The number of aliphatic hydroxyl groups excluding tert-OH is 1. The van der Waals surface area contributed by atoms with Crippen LogP contribution in [0.3, 0.4) is 0 Å². The van der Waals surface area contributed by atoms with Crippen molar-refractivity contribution >= 4 is 24.0 Å². The lowest BCUT2D eigenvalue weighted by Crippen LogP contribution is -2.52. The van der Waals surface area contributed by atoms with Crippen molar-refractivity contribution in [3.05, 3.63) is 0 Å². The molecule has 0 heterocycles. The molecule has 0 saturated carbocycles. The molecule has 0 bridgehead atoms. The molecule has 3 N–H and O–H groups in total. The number of carboxylic acid groups (broad SMARTS) is 1. The Hall–Kier alpha value is -2.36. The number of ether oxygens (including phenoxy) is 3. The summed E-state index contributed by atoms with van der Waals surface area (Å²) in [5, 5.41) is 22.0. The second-order valence-corrected chi connectivity index (χ2v) is 9.65. The maximum atomic E-state index is 12.7. The number of rotatable bonds is 13. The molecule has 0 fully saturated rings. The van der Waals surface area contributed by atoms with Gasteiger partial charge in [-0.1, -0.05) is 33.6 Å². The number of amides is 1. The van der Waals surface area contributed by atoms with Gasteiger partial charge in [0, 0.05) is 6.42 Å². The van der Waals surface area contributed by atoms with Crippen molar-refractivity contribution < 1.29 is 43.6 Å². The molecule has 1 amide bonds. The molecule has 0 saturated heterocycles.